The first-order valence-corrected chi connectivity index (χ1v) is 4.46. The van der Waals surface area contributed by atoms with Gasteiger partial charge in [0.05, 0.1) is 7.11 Å². The van der Waals surface area contributed by atoms with Crippen LogP contribution in [-0.4, -0.2) is 18.6 Å². The van der Waals surface area contributed by atoms with Crippen molar-refractivity contribution >= 4 is 18.4 Å². The summed E-state index contributed by atoms with van der Waals surface area (Å²) in [6.45, 7) is 2.19. The summed E-state index contributed by atoms with van der Waals surface area (Å²) in [5, 5.41) is 0. The highest BCUT2D eigenvalue weighted by Crippen LogP contribution is 2.30. The smallest absolute Gasteiger partial charge is 0.325 e. The van der Waals surface area contributed by atoms with Gasteiger partial charge in [-0.1, -0.05) is 6.92 Å². The van der Waals surface area contributed by atoms with Crippen molar-refractivity contribution in [3.8, 4) is 0 Å². The van der Waals surface area contributed by atoms with Crippen LogP contribution < -0.4 is 5.73 Å². The van der Waals surface area contributed by atoms with E-state index in [0.717, 1.165) is 25.7 Å². The van der Waals surface area contributed by atoms with Crippen molar-refractivity contribution in [2.45, 2.75) is 38.1 Å². The minimum absolute atomic E-state index is 0. The molecule has 0 aromatic rings. The SMILES string of the molecule is COC(=O)[C@]1(N)CC[C@H](C)CC1.Cl. The van der Waals surface area contributed by atoms with Crippen molar-refractivity contribution < 1.29 is 9.53 Å². The number of carbonyl (C=O) groups is 1. The van der Waals surface area contributed by atoms with E-state index < -0.39 is 5.54 Å². The number of methoxy groups -OCH3 is 1. The minimum atomic E-state index is -0.693. The summed E-state index contributed by atoms with van der Waals surface area (Å²) in [7, 11) is 1.40. The number of carbonyl (C=O) groups excluding carboxylic acids is 1. The molecular weight excluding hydrogens is 190 g/mol. The third-order valence-corrected chi connectivity index (χ3v) is 2.76. The fourth-order valence-corrected chi connectivity index (χ4v) is 1.68. The molecule has 1 aliphatic carbocycles. The van der Waals surface area contributed by atoms with E-state index in [4.69, 9.17) is 5.73 Å². The number of nitrogens with two attached hydrogens (primary N) is 1. The highest BCUT2D eigenvalue weighted by Gasteiger charge is 2.37. The standard InChI is InChI=1S/C9H17NO2.ClH/c1-7-3-5-9(10,6-4-7)8(11)12-2;/h7H,3-6,10H2,1-2H3;1H/t7-,9-;. The molecule has 0 saturated heterocycles. The Balaban J connectivity index is 0.00000144. The second-order valence-corrected chi connectivity index (χ2v) is 3.83. The molecule has 2 N–H and O–H groups in total. The number of rotatable bonds is 1. The van der Waals surface area contributed by atoms with Gasteiger partial charge >= 0.3 is 5.97 Å². The second-order valence-electron chi connectivity index (χ2n) is 3.83. The van der Waals surface area contributed by atoms with Crippen molar-refractivity contribution in [2.24, 2.45) is 11.7 Å². The Kier molecular flexibility index (Phi) is 4.71. The van der Waals surface area contributed by atoms with Crippen LogP contribution in [0.1, 0.15) is 32.6 Å². The van der Waals surface area contributed by atoms with Gasteiger partial charge in [0.15, 0.2) is 0 Å². The fourth-order valence-electron chi connectivity index (χ4n) is 1.68. The lowest BCUT2D eigenvalue weighted by Gasteiger charge is -2.33. The van der Waals surface area contributed by atoms with Crippen LogP contribution in [0.2, 0.25) is 0 Å². The van der Waals surface area contributed by atoms with Gasteiger partial charge in [-0.3, -0.25) is 4.79 Å². The molecule has 0 spiro atoms. The lowest BCUT2D eigenvalue weighted by molar-refractivity contribution is -0.148. The summed E-state index contributed by atoms with van der Waals surface area (Å²) in [6.07, 6.45) is 3.60. The van der Waals surface area contributed by atoms with Gasteiger partial charge in [-0.05, 0) is 31.6 Å². The molecule has 0 atom stereocenters. The van der Waals surface area contributed by atoms with E-state index in [9.17, 15) is 4.79 Å². The number of halogens is 1. The Labute approximate surface area is 85.4 Å². The summed E-state index contributed by atoms with van der Waals surface area (Å²) >= 11 is 0. The van der Waals surface area contributed by atoms with E-state index >= 15 is 0 Å². The van der Waals surface area contributed by atoms with Gasteiger partial charge in [0, 0.05) is 0 Å². The van der Waals surface area contributed by atoms with E-state index in [0.29, 0.717) is 5.92 Å². The zero-order valence-corrected chi connectivity index (χ0v) is 9.02. The molecule has 4 heteroatoms. The molecule has 13 heavy (non-hydrogen) atoms. The molecule has 0 aromatic carbocycles. The van der Waals surface area contributed by atoms with E-state index in [1.54, 1.807) is 0 Å². The van der Waals surface area contributed by atoms with Crippen LogP contribution in [0.4, 0.5) is 0 Å². The Morgan fingerprint density at radius 1 is 1.46 bits per heavy atom. The average Bonchev–Trinajstić information content (AvgIpc) is 2.09. The second kappa shape index (κ2) is 4.82. The van der Waals surface area contributed by atoms with Crippen LogP contribution in [0, 0.1) is 5.92 Å². The van der Waals surface area contributed by atoms with Crippen LogP contribution in [0.15, 0.2) is 0 Å². The summed E-state index contributed by atoms with van der Waals surface area (Å²) in [5.41, 5.74) is 5.21. The summed E-state index contributed by atoms with van der Waals surface area (Å²) in [6, 6.07) is 0. The molecule has 3 nitrogen and oxygen atoms in total. The topological polar surface area (TPSA) is 52.3 Å². The minimum Gasteiger partial charge on any atom is -0.468 e. The molecule has 1 aliphatic rings. The maximum Gasteiger partial charge on any atom is 0.325 e. The van der Waals surface area contributed by atoms with Gasteiger partial charge in [0.1, 0.15) is 5.54 Å². The first kappa shape index (κ1) is 12.7. The Morgan fingerprint density at radius 2 is 1.92 bits per heavy atom. The van der Waals surface area contributed by atoms with Crippen molar-refractivity contribution in [1.29, 1.82) is 0 Å². The van der Waals surface area contributed by atoms with E-state index in [-0.39, 0.29) is 18.4 Å². The first-order valence-electron chi connectivity index (χ1n) is 4.46. The van der Waals surface area contributed by atoms with Gasteiger partial charge in [-0.15, -0.1) is 12.4 Å². The maximum atomic E-state index is 11.2. The molecule has 1 rings (SSSR count). The predicted octanol–water partition coefficient (Wildman–Crippen LogP) is 1.49. The molecule has 0 radical (unpaired) electrons. The summed E-state index contributed by atoms with van der Waals surface area (Å²) in [5.74, 6) is 0.445. The van der Waals surface area contributed by atoms with Gasteiger partial charge in [-0.2, -0.15) is 0 Å². The number of esters is 1. The lowest BCUT2D eigenvalue weighted by Crippen LogP contribution is -2.50. The van der Waals surface area contributed by atoms with E-state index in [1.807, 2.05) is 0 Å². The van der Waals surface area contributed by atoms with Crippen LogP contribution in [0.3, 0.4) is 0 Å². The highest BCUT2D eigenvalue weighted by molar-refractivity contribution is 5.85. The zero-order valence-electron chi connectivity index (χ0n) is 8.21. The third-order valence-electron chi connectivity index (χ3n) is 2.76. The molecule has 0 amide bonds. The Morgan fingerprint density at radius 3 is 2.31 bits per heavy atom. The molecule has 0 heterocycles. The van der Waals surface area contributed by atoms with Crippen molar-refractivity contribution in [3.05, 3.63) is 0 Å². The molecule has 1 saturated carbocycles. The van der Waals surface area contributed by atoms with Gasteiger partial charge in [-0.25, -0.2) is 0 Å². The third kappa shape index (κ3) is 2.85. The van der Waals surface area contributed by atoms with Gasteiger partial charge in [0.2, 0.25) is 0 Å². The normalized spacial score (nSPS) is 33.3. The predicted molar refractivity (Wildman–Crippen MR) is 53.8 cm³/mol. The monoisotopic (exact) mass is 207 g/mol. The first-order chi connectivity index (χ1) is 5.58. The quantitative estimate of drug-likeness (QED) is 0.663. The lowest BCUT2D eigenvalue weighted by atomic mass is 9.78. The average molecular weight is 208 g/mol. The largest absolute Gasteiger partial charge is 0.468 e. The van der Waals surface area contributed by atoms with Gasteiger partial charge in [0.25, 0.3) is 0 Å². The van der Waals surface area contributed by atoms with E-state index in [2.05, 4.69) is 11.7 Å². The molecule has 78 valence electrons. The van der Waals surface area contributed by atoms with Gasteiger partial charge < -0.3 is 10.5 Å². The van der Waals surface area contributed by atoms with Crippen LogP contribution in [0.5, 0.6) is 0 Å². The molecule has 0 aliphatic heterocycles. The summed E-state index contributed by atoms with van der Waals surface area (Å²) in [4.78, 5) is 11.2. The molecular formula is C9H18ClNO2. The Hall–Kier alpha value is -0.280. The molecule has 1 fully saturated rings. The van der Waals surface area contributed by atoms with Crippen LogP contribution >= 0.6 is 12.4 Å². The highest BCUT2D eigenvalue weighted by atomic mass is 35.5. The molecule has 0 unspecified atom stereocenters. The van der Waals surface area contributed by atoms with Crippen LogP contribution in [0.25, 0.3) is 0 Å². The van der Waals surface area contributed by atoms with Crippen LogP contribution in [-0.2, 0) is 9.53 Å². The number of hydrogen-bond donors (Lipinski definition) is 1. The molecule has 0 aromatic heterocycles. The Bertz CT molecular complexity index is 176. The van der Waals surface area contributed by atoms with Crippen molar-refractivity contribution in [3.63, 3.8) is 0 Å². The number of hydrogen-bond acceptors (Lipinski definition) is 3. The molecule has 0 bridgehead atoms. The van der Waals surface area contributed by atoms with Crippen molar-refractivity contribution in [2.75, 3.05) is 7.11 Å². The van der Waals surface area contributed by atoms with Crippen molar-refractivity contribution in [1.82, 2.24) is 0 Å². The summed E-state index contributed by atoms with van der Waals surface area (Å²) < 4.78 is 4.66. The fraction of sp³-hybridized carbons (Fsp3) is 0.889. The maximum absolute atomic E-state index is 11.2. The number of ether oxygens (including phenoxy) is 1. The van der Waals surface area contributed by atoms with E-state index in [1.165, 1.54) is 7.11 Å². The zero-order chi connectivity index (χ0) is 9.19.